The van der Waals surface area contributed by atoms with Crippen molar-refractivity contribution >= 4 is 5.91 Å². The lowest BCUT2D eigenvalue weighted by Gasteiger charge is -2.38. The van der Waals surface area contributed by atoms with Crippen LogP contribution in [0.15, 0.2) is 18.2 Å². The molecule has 0 spiro atoms. The first kappa shape index (κ1) is 15.3. The molecule has 2 N–H and O–H groups in total. The molecule has 1 aromatic rings. The van der Waals surface area contributed by atoms with Crippen LogP contribution in [0, 0.1) is 0 Å². The molecule has 1 atom stereocenters. The van der Waals surface area contributed by atoms with Crippen molar-refractivity contribution in [2.45, 2.75) is 37.2 Å². The number of rotatable bonds is 3. The van der Waals surface area contributed by atoms with Crippen LogP contribution < -0.4 is 4.74 Å². The van der Waals surface area contributed by atoms with Crippen LogP contribution in [0.5, 0.6) is 5.75 Å². The van der Waals surface area contributed by atoms with Crippen molar-refractivity contribution in [3.8, 4) is 5.75 Å². The molecule has 120 valence electrons. The van der Waals surface area contributed by atoms with E-state index in [4.69, 9.17) is 4.74 Å². The summed E-state index contributed by atoms with van der Waals surface area (Å²) in [6.07, 6.45) is 2.58. The Kier molecular flexibility index (Phi) is 4.10. The predicted octanol–water partition coefficient (Wildman–Crippen LogP) is 1.07. The Morgan fingerprint density at radius 3 is 2.77 bits per heavy atom. The molecule has 5 heteroatoms. The van der Waals surface area contributed by atoms with Crippen molar-refractivity contribution in [3.05, 3.63) is 29.3 Å². The largest absolute Gasteiger partial charge is 0.496 e. The summed E-state index contributed by atoms with van der Waals surface area (Å²) in [6.45, 7) is 0.753. The van der Waals surface area contributed by atoms with Crippen molar-refractivity contribution in [3.63, 3.8) is 0 Å². The number of aliphatic hydroxyl groups is 2. The number of likely N-dealkylation sites (tertiary alicyclic amines) is 1. The second kappa shape index (κ2) is 5.89. The quantitative estimate of drug-likeness (QED) is 0.876. The second-order valence-electron chi connectivity index (χ2n) is 6.33. The van der Waals surface area contributed by atoms with Crippen LogP contribution in [-0.4, -0.2) is 53.4 Å². The number of ether oxygens (including phenoxy) is 1. The molecule has 0 radical (unpaired) electrons. The minimum absolute atomic E-state index is 0.114. The van der Waals surface area contributed by atoms with E-state index >= 15 is 0 Å². The molecule has 3 rings (SSSR count). The number of benzene rings is 1. The number of amides is 1. The third-order valence-corrected chi connectivity index (χ3v) is 5.03. The number of aliphatic hydroxyl groups excluding tert-OH is 1. The van der Waals surface area contributed by atoms with Crippen LogP contribution in [0.1, 0.15) is 36.3 Å². The summed E-state index contributed by atoms with van der Waals surface area (Å²) in [4.78, 5) is 14.7. The lowest BCUT2D eigenvalue weighted by atomic mass is 9.90. The van der Waals surface area contributed by atoms with Crippen LogP contribution >= 0.6 is 0 Å². The Morgan fingerprint density at radius 1 is 1.41 bits per heavy atom. The van der Waals surface area contributed by atoms with E-state index in [9.17, 15) is 15.0 Å². The maximum atomic E-state index is 12.9. The van der Waals surface area contributed by atoms with Gasteiger partial charge in [-0.25, -0.2) is 0 Å². The zero-order valence-corrected chi connectivity index (χ0v) is 12.9. The normalized spacial score (nSPS) is 23.2. The first-order valence-electron chi connectivity index (χ1n) is 7.86. The maximum absolute atomic E-state index is 12.9. The number of methoxy groups -OCH3 is 1. The Bertz CT molecular complexity index is 564. The smallest absolute Gasteiger partial charge is 0.230 e. The van der Waals surface area contributed by atoms with E-state index in [1.54, 1.807) is 7.11 Å². The van der Waals surface area contributed by atoms with Crippen LogP contribution in [0.2, 0.25) is 0 Å². The maximum Gasteiger partial charge on any atom is 0.230 e. The molecule has 1 aliphatic heterocycles. The van der Waals surface area contributed by atoms with E-state index in [0.29, 0.717) is 25.9 Å². The summed E-state index contributed by atoms with van der Waals surface area (Å²) >= 11 is 0. The number of piperidine rings is 1. The highest BCUT2D eigenvalue weighted by Crippen LogP contribution is 2.41. The molecule has 1 aromatic carbocycles. The molecular formula is C17H23NO4. The number of fused-ring (bicyclic) bond motifs is 1. The highest BCUT2D eigenvalue weighted by Gasteiger charge is 2.38. The summed E-state index contributed by atoms with van der Waals surface area (Å²) < 4.78 is 5.43. The van der Waals surface area contributed by atoms with Crippen molar-refractivity contribution in [1.82, 2.24) is 4.90 Å². The first-order chi connectivity index (χ1) is 10.6. The van der Waals surface area contributed by atoms with Crippen molar-refractivity contribution in [1.29, 1.82) is 0 Å². The fraction of sp³-hybridized carbons (Fsp3) is 0.588. The summed E-state index contributed by atoms with van der Waals surface area (Å²) in [5, 5.41) is 19.3. The summed E-state index contributed by atoms with van der Waals surface area (Å²) in [5.74, 6) is 0.756. The highest BCUT2D eigenvalue weighted by atomic mass is 16.5. The van der Waals surface area contributed by atoms with Crippen molar-refractivity contribution < 1.29 is 19.7 Å². The predicted molar refractivity (Wildman–Crippen MR) is 81.9 cm³/mol. The Labute approximate surface area is 130 Å². The van der Waals surface area contributed by atoms with E-state index in [-0.39, 0.29) is 18.4 Å². The molecule has 1 saturated heterocycles. The minimum Gasteiger partial charge on any atom is -0.496 e. The zero-order valence-electron chi connectivity index (χ0n) is 12.9. The number of nitrogens with zero attached hydrogens (tertiary/aromatic N) is 1. The monoisotopic (exact) mass is 305 g/mol. The zero-order chi connectivity index (χ0) is 15.7. The number of carbonyl (C=O) groups is 1. The fourth-order valence-electron chi connectivity index (χ4n) is 3.59. The van der Waals surface area contributed by atoms with Gasteiger partial charge in [0.15, 0.2) is 0 Å². The van der Waals surface area contributed by atoms with Crippen LogP contribution in [0.4, 0.5) is 0 Å². The van der Waals surface area contributed by atoms with Gasteiger partial charge in [0.25, 0.3) is 0 Å². The van der Waals surface area contributed by atoms with E-state index in [2.05, 4.69) is 6.07 Å². The van der Waals surface area contributed by atoms with E-state index in [1.165, 1.54) is 5.56 Å². The Balaban J connectivity index is 1.76. The van der Waals surface area contributed by atoms with Crippen LogP contribution in [0.3, 0.4) is 0 Å². The molecule has 2 aliphatic rings. The van der Waals surface area contributed by atoms with Gasteiger partial charge in [-0.3, -0.25) is 4.79 Å². The van der Waals surface area contributed by atoms with Gasteiger partial charge in [0.1, 0.15) is 5.75 Å². The Morgan fingerprint density at radius 2 is 2.14 bits per heavy atom. The van der Waals surface area contributed by atoms with Gasteiger partial charge in [-0.05, 0) is 37.3 Å². The molecule has 1 fully saturated rings. The number of aryl methyl sites for hydroxylation is 1. The van der Waals surface area contributed by atoms with E-state index in [1.807, 2.05) is 17.0 Å². The molecule has 5 nitrogen and oxygen atoms in total. The van der Waals surface area contributed by atoms with Gasteiger partial charge in [-0.2, -0.15) is 0 Å². The van der Waals surface area contributed by atoms with Crippen LogP contribution in [0.25, 0.3) is 0 Å². The van der Waals surface area contributed by atoms with Gasteiger partial charge < -0.3 is 19.8 Å². The lowest BCUT2D eigenvalue weighted by molar-refractivity contribution is -0.138. The molecule has 1 aliphatic carbocycles. The number of hydrogen-bond acceptors (Lipinski definition) is 4. The molecule has 1 amide bonds. The van der Waals surface area contributed by atoms with Gasteiger partial charge in [-0.15, -0.1) is 0 Å². The standard InChI is InChI=1S/C17H23NO4/c1-22-14-4-2-3-12-5-6-13(15(12)14)16(20)18-9-7-17(21,11-19)8-10-18/h2-4,13,19,21H,5-11H2,1H3. The topological polar surface area (TPSA) is 70.0 Å². The van der Waals surface area contributed by atoms with Gasteiger partial charge in [-0.1, -0.05) is 12.1 Å². The Hall–Kier alpha value is -1.59. The molecule has 0 bridgehead atoms. The second-order valence-corrected chi connectivity index (χ2v) is 6.33. The van der Waals surface area contributed by atoms with Crippen molar-refractivity contribution in [2.75, 3.05) is 26.8 Å². The molecular weight excluding hydrogens is 282 g/mol. The summed E-state index contributed by atoms with van der Waals surface area (Å²) in [5.41, 5.74) is 1.20. The highest BCUT2D eigenvalue weighted by molar-refractivity contribution is 5.86. The molecule has 0 aromatic heterocycles. The van der Waals surface area contributed by atoms with Gasteiger partial charge >= 0.3 is 0 Å². The third-order valence-electron chi connectivity index (χ3n) is 5.03. The summed E-state index contributed by atoms with van der Waals surface area (Å²) in [6, 6.07) is 5.93. The van der Waals surface area contributed by atoms with Crippen molar-refractivity contribution in [2.24, 2.45) is 0 Å². The fourth-order valence-corrected chi connectivity index (χ4v) is 3.59. The first-order valence-corrected chi connectivity index (χ1v) is 7.86. The van der Waals surface area contributed by atoms with Gasteiger partial charge in [0, 0.05) is 18.7 Å². The average Bonchev–Trinajstić information content (AvgIpc) is 2.99. The molecule has 22 heavy (non-hydrogen) atoms. The average molecular weight is 305 g/mol. The number of hydrogen-bond donors (Lipinski definition) is 2. The summed E-state index contributed by atoms with van der Waals surface area (Å²) in [7, 11) is 1.64. The van der Waals surface area contributed by atoms with Gasteiger partial charge in [0.05, 0.1) is 25.2 Å². The number of carbonyl (C=O) groups excluding carboxylic acids is 1. The third kappa shape index (κ3) is 2.59. The molecule has 1 unspecified atom stereocenters. The molecule has 1 heterocycles. The SMILES string of the molecule is COc1cccc2c1C(C(=O)N1CCC(O)(CO)CC1)CC2. The van der Waals surface area contributed by atoms with Crippen LogP contribution in [-0.2, 0) is 11.2 Å². The minimum atomic E-state index is -1.03. The molecule has 0 saturated carbocycles. The van der Waals surface area contributed by atoms with Gasteiger partial charge in [0.2, 0.25) is 5.91 Å². The lowest BCUT2D eigenvalue weighted by Crippen LogP contribution is -2.49. The van der Waals surface area contributed by atoms with E-state index in [0.717, 1.165) is 24.2 Å². The van der Waals surface area contributed by atoms with E-state index < -0.39 is 5.60 Å².